The maximum atomic E-state index is 10.9. The summed E-state index contributed by atoms with van der Waals surface area (Å²) in [5.74, 6) is -0.877. The van der Waals surface area contributed by atoms with E-state index in [1.165, 1.54) is 12.8 Å². The van der Waals surface area contributed by atoms with Gasteiger partial charge in [-0.05, 0) is 49.9 Å². The van der Waals surface area contributed by atoms with Gasteiger partial charge in [0.2, 0.25) is 0 Å². The minimum atomic E-state index is -0.877. The van der Waals surface area contributed by atoms with E-state index >= 15 is 0 Å². The second-order valence-corrected chi connectivity index (χ2v) is 5.37. The van der Waals surface area contributed by atoms with Crippen LogP contribution in [0.4, 0.5) is 0 Å². The van der Waals surface area contributed by atoms with Crippen LogP contribution in [0.15, 0.2) is 30.5 Å². The van der Waals surface area contributed by atoms with Crippen LogP contribution in [-0.2, 0) is 11.3 Å². The molecule has 1 aromatic carbocycles. The van der Waals surface area contributed by atoms with Crippen LogP contribution >= 0.6 is 0 Å². The van der Waals surface area contributed by atoms with Crippen LogP contribution in [0.2, 0.25) is 0 Å². The molecule has 0 spiro atoms. The smallest absolute Gasteiger partial charge is 0.335 e. The summed E-state index contributed by atoms with van der Waals surface area (Å²) >= 11 is 0. The minimum Gasteiger partial charge on any atom is -0.478 e. The first-order valence-electron chi connectivity index (χ1n) is 7.18. The summed E-state index contributed by atoms with van der Waals surface area (Å²) < 4.78 is 7.82. The van der Waals surface area contributed by atoms with E-state index in [9.17, 15) is 4.79 Å². The van der Waals surface area contributed by atoms with Gasteiger partial charge in [0.25, 0.3) is 0 Å². The summed E-state index contributed by atoms with van der Waals surface area (Å²) in [6, 6.07) is 7.27. The van der Waals surface area contributed by atoms with Gasteiger partial charge < -0.3 is 14.4 Å². The molecular weight excluding hydrogens is 254 g/mol. The zero-order valence-electron chi connectivity index (χ0n) is 11.4. The molecule has 20 heavy (non-hydrogen) atoms. The second-order valence-electron chi connectivity index (χ2n) is 5.37. The van der Waals surface area contributed by atoms with Gasteiger partial charge in [-0.3, -0.25) is 0 Å². The van der Waals surface area contributed by atoms with Crippen molar-refractivity contribution < 1.29 is 14.6 Å². The van der Waals surface area contributed by atoms with E-state index < -0.39 is 5.97 Å². The predicted molar refractivity (Wildman–Crippen MR) is 77.1 cm³/mol. The van der Waals surface area contributed by atoms with Gasteiger partial charge in [0.05, 0.1) is 11.7 Å². The van der Waals surface area contributed by atoms with E-state index in [0.29, 0.717) is 11.7 Å². The Morgan fingerprint density at radius 2 is 2.30 bits per heavy atom. The zero-order chi connectivity index (χ0) is 13.9. The molecule has 0 aliphatic carbocycles. The van der Waals surface area contributed by atoms with E-state index in [0.717, 1.165) is 36.9 Å². The summed E-state index contributed by atoms with van der Waals surface area (Å²) in [6.07, 6.45) is 7.05. The van der Waals surface area contributed by atoms with Crippen LogP contribution in [0.25, 0.3) is 10.9 Å². The quantitative estimate of drug-likeness (QED) is 0.909. The van der Waals surface area contributed by atoms with Crippen molar-refractivity contribution in [3.63, 3.8) is 0 Å². The molecule has 1 unspecified atom stereocenters. The number of aromatic nitrogens is 1. The number of ether oxygens (including phenoxy) is 1. The molecule has 3 rings (SSSR count). The first-order valence-corrected chi connectivity index (χ1v) is 7.18. The molecule has 0 amide bonds. The third-order valence-corrected chi connectivity index (χ3v) is 3.97. The molecule has 4 nitrogen and oxygen atoms in total. The monoisotopic (exact) mass is 273 g/mol. The van der Waals surface area contributed by atoms with Crippen molar-refractivity contribution in [3.8, 4) is 0 Å². The molecular formula is C16H19NO3. The second kappa shape index (κ2) is 5.67. The first-order chi connectivity index (χ1) is 9.74. The topological polar surface area (TPSA) is 51.5 Å². The number of aryl methyl sites for hydroxylation is 1. The third-order valence-electron chi connectivity index (χ3n) is 3.97. The highest BCUT2D eigenvalue weighted by Gasteiger charge is 2.14. The van der Waals surface area contributed by atoms with E-state index in [1.807, 2.05) is 18.3 Å². The maximum Gasteiger partial charge on any atom is 0.335 e. The van der Waals surface area contributed by atoms with Crippen LogP contribution in [0.1, 0.15) is 36.0 Å². The Morgan fingerprint density at radius 1 is 1.40 bits per heavy atom. The Labute approximate surface area is 118 Å². The highest BCUT2D eigenvalue weighted by atomic mass is 16.5. The molecule has 1 fully saturated rings. The number of carbonyl (C=O) groups is 1. The highest BCUT2D eigenvalue weighted by Crippen LogP contribution is 2.20. The van der Waals surface area contributed by atoms with Gasteiger partial charge in [0.15, 0.2) is 0 Å². The van der Waals surface area contributed by atoms with Gasteiger partial charge in [-0.2, -0.15) is 0 Å². The molecule has 1 atom stereocenters. The van der Waals surface area contributed by atoms with Crippen LogP contribution < -0.4 is 0 Å². The van der Waals surface area contributed by atoms with Crippen LogP contribution in [0, 0.1) is 0 Å². The number of fused-ring (bicyclic) bond motifs is 1. The first kappa shape index (κ1) is 13.2. The molecule has 106 valence electrons. The van der Waals surface area contributed by atoms with Crippen molar-refractivity contribution in [2.75, 3.05) is 6.61 Å². The van der Waals surface area contributed by atoms with E-state index in [4.69, 9.17) is 9.84 Å². The van der Waals surface area contributed by atoms with Gasteiger partial charge in [0.1, 0.15) is 0 Å². The van der Waals surface area contributed by atoms with Crippen LogP contribution in [-0.4, -0.2) is 28.4 Å². The number of carboxylic acids is 1. The summed E-state index contributed by atoms with van der Waals surface area (Å²) in [5, 5.41) is 9.98. The Hall–Kier alpha value is -1.81. The van der Waals surface area contributed by atoms with Crippen molar-refractivity contribution in [2.45, 2.75) is 38.3 Å². The van der Waals surface area contributed by atoms with Crippen molar-refractivity contribution in [1.29, 1.82) is 0 Å². The number of rotatable bonds is 5. The molecule has 0 saturated carbocycles. The Kier molecular flexibility index (Phi) is 3.74. The maximum absolute atomic E-state index is 10.9. The molecule has 2 aromatic rings. The lowest BCUT2D eigenvalue weighted by molar-refractivity contribution is 0.0697. The fourth-order valence-electron chi connectivity index (χ4n) is 2.89. The van der Waals surface area contributed by atoms with Gasteiger partial charge in [-0.15, -0.1) is 0 Å². The van der Waals surface area contributed by atoms with Gasteiger partial charge in [-0.1, -0.05) is 0 Å². The van der Waals surface area contributed by atoms with Gasteiger partial charge >= 0.3 is 5.97 Å². The molecule has 1 saturated heterocycles. The largest absolute Gasteiger partial charge is 0.478 e. The van der Waals surface area contributed by atoms with Crippen LogP contribution in [0.3, 0.4) is 0 Å². The van der Waals surface area contributed by atoms with E-state index in [2.05, 4.69) is 4.57 Å². The van der Waals surface area contributed by atoms with Crippen molar-refractivity contribution in [2.24, 2.45) is 0 Å². The molecule has 2 heterocycles. The zero-order valence-corrected chi connectivity index (χ0v) is 11.4. The molecule has 0 bridgehead atoms. The Balaban J connectivity index is 1.67. The normalized spacial score (nSPS) is 18.7. The molecule has 1 aliphatic heterocycles. The average Bonchev–Trinajstić information content (AvgIpc) is 3.08. The lowest BCUT2D eigenvalue weighted by atomic mass is 10.1. The highest BCUT2D eigenvalue weighted by molar-refractivity contribution is 5.93. The van der Waals surface area contributed by atoms with E-state index in [1.54, 1.807) is 12.1 Å². The number of hydrogen-bond donors (Lipinski definition) is 1. The molecule has 1 aliphatic rings. The summed E-state index contributed by atoms with van der Waals surface area (Å²) in [6.45, 7) is 1.87. The fourth-order valence-corrected chi connectivity index (χ4v) is 2.89. The Bertz CT molecular complexity index is 611. The summed E-state index contributed by atoms with van der Waals surface area (Å²) in [7, 11) is 0. The Morgan fingerprint density at radius 3 is 3.05 bits per heavy atom. The number of carboxylic acid groups (broad SMARTS) is 1. The molecule has 4 heteroatoms. The number of aromatic carboxylic acids is 1. The lowest BCUT2D eigenvalue weighted by Gasteiger charge is -2.10. The standard InChI is InChI=1S/C16H19NO3/c18-16(19)13-5-6-15-12(11-13)7-9-17(15)8-1-3-14-4-2-10-20-14/h5-7,9,11,14H,1-4,8,10H2,(H,18,19). The summed E-state index contributed by atoms with van der Waals surface area (Å²) in [4.78, 5) is 10.9. The molecule has 0 radical (unpaired) electrons. The molecule has 1 N–H and O–H groups in total. The van der Waals surface area contributed by atoms with Crippen molar-refractivity contribution in [3.05, 3.63) is 36.0 Å². The number of hydrogen-bond acceptors (Lipinski definition) is 2. The summed E-state index contributed by atoms with van der Waals surface area (Å²) in [5.41, 5.74) is 1.44. The van der Waals surface area contributed by atoms with E-state index in [-0.39, 0.29) is 0 Å². The van der Waals surface area contributed by atoms with Crippen molar-refractivity contribution >= 4 is 16.9 Å². The van der Waals surface area contributed by atoms with Gasteiger partial charge in [-0.25, -0.2) is 4.79 Å². The average molecular weight is 273 g/mol. The predicted octanol–water partition coefficient (Wildman–Crippen LogP) is 3.30. The SMILES string of the molecule is O=C(O)c1ccc2c(ccn2CCCC2CCCO2)c1. The number of benzene rings is 1. The minimum absolute atomic E-state index is 0.342. The fraction of sp³-hybridized carbons (Fsp3) is 0.438. The lowest BCUT2D eigenvalue weighted by Crippen LogP contribution is -2.06. The van der Waals surface area contributed by atoms with Gasteiger partial charge in [0, 0.05) is 30.3 Å². The van der Waals surface area contributed by atoms with Crippen LogP contribution in [0.5, 0.6) is 0 Å². The van der Waals surface area contributed by atoms with Crippen molar-refractivity contribution in [1.82, 2.24) is 4.57 Å². The third kappa shape index (κ3) is 2.70. The molecule has 1 aromatic heterocycles. The number of nitrogens with zero attached hydrogens (tertiary/aromatic N) is 1.